The van der Waals surface area contributed by atoms with Gasteiger partial charge in [0, 0.05) is 12.6 Å². The molecule has 0 spiro atoms. The van der Waals surface area contributed by atoms with E-state index in [0.29, 0.717) is 23.1 Å². The summed E-state index contributed by atoms with van der Waals surface area (Å²) in [6, 6.07) is 0.263. The van der Waals surface area contributed by atoms with Crippen molar-refractivity contribution in [3.05, 3.63) is 16.3 Å². The number of nitrogens with zero attached hydrogens (tertiary/aromatic N) is 3. The number of anilines is 1. The van der Waals surface area contributed by atoms with Crippen molar-refractivity contribution >= 4 is 33.3 Å². The highest BCUT2D eigenvalue weighted by Crippen LogP contribution is 2.35. The minimum absolute atomic E-state index is 0.0206. The maximum atomic E-state index is 12.7. The van der Waals surface area contributed by atoms with Gasteiger partial charge in [-0.15, -0.1) is 11.3 Å². The molecule has 0 bridgehead atoms. The molecule has 0 aromatic carbocycles. The number of aryl methyl sites for hydroxylation is 2. The highest BCUT2D eigenvalue weighted by molar-refractivity contribution is 7.20. The van der Waals surface area contributed by atoms with Gasteiger partial charge in [0.25, 0.3) is 5.91 Å². The van der Waals surface area contributed by atoms with E-state index in [-0.39, 0.29) is 18.6 Å². The summed E-state index contributed by atoms with van der Waals surface area (Å²) in [5.74, 6) is 0.990. The first-order valence-corrected chi connectivity index (χ1v) is 7.79. The summed E-state index contributed by atoms with van der Waals surface area (Å²) in [6.45, 7) is 4.02. The molecule has 0 aliphatic heterocycles. The van der Waals surface area contributed by atoms with E-state index in [2.05, 4.69) is 9.97 Å². The van der Waals surface area contributed by atoms with Gasteiger partial charge in [0.05, 0.1) is 16.9 Å². The summed E-state index contributed by atoms with van der Waals surface area (Å²) >= 11 is 1.36. The Morgan fingerprint density at radius 1 is 1.43 bits per heavy atom. The van der Waals surface area contributed by atoms with Gasteiger partial charge in [-0.3, -0.25) is 4.79 Å². The van der Waals surface area contributed by atoms with Crippen molar-refractivity contribution in [2.24, 2.45) is 0 Å². The van der Waals surface area contributed by atoms with E-state index in [9.17, 15) is 4.79 Å². The zero-order chi connectivity index (χ0) is 15.1. The monoisotopic (exact) mass is 306 g/mol. The highest BCUT2D eigenvalue weighted by Gasteiger charge is 2.34. The molecule has 0 radical (unpaired) electrons. The molecule has 0 atom stereocenters. The molecular weight excluding hydrogens is 288 g/mol. The number of fused-ring (bicyclic) bond motifs is 1. The third kappa shape index (κ3) is 2.47. The first-order valence-electron chi connectivity index (χ1n) is 6.98. The second-order valence-electron chi connectivity index (χ2n) is 5.35. The van der Waals surface area contributed by atoms with Crippen LogP contribution in [0, 0.1) is 13.8 Å². The Morgan fingerprint density at radius 3 is 2.76 bits per heavy atom. The summed E-state index contributed by atoms with van der Waals surface area (Å²) in [5.41, 5.74) is 6.80. The number of aliphatic hydroxyl groups excluding tert-OH is 1. The largest absolute Gasteiger partial charge is 0.395 e. The van der Waals surface area contributed by atoms with Gasteiger partial charge < -0.3 is 15.7 Å². The van der Waals surface area contributed by atoms with Crippen LogP contribution < -0.4 is 5.73 Å². The van der Waals surface area contributed by atoms with E-state index >= 15 is 0 Å². The first-order chi connectivity index (χ1) is 10.0. The molecule has 7 heteroatoms. The van der Waals surface area contributed by atoms with Gasteiger partial charge in [-0.2, -0.15) is 0 Å². The average Bonchev–Trinajstić information content (AvgIpc) is 3.19. The van der Waals surface area contributed by atoms with Crippen molar-refractivity contribution in [2.75, 3.05) is 18.9 Å². The number of aromatic nitrogens is 2. The average molecular weight is 306 g/mol. The SMILES string of the molecule is Cc1nc(N)c2c(C)c(C(=O)N(CCO)C3CC3)sc2n1. The quantitative estimate of drug-likeness (QED) is 0.892. The molecule has 1 saturated carbocycles. The molecule has 2 aromatic rings. The topological polar surface area (TPSA) is 92.3 Å². The molecule has 1 aliphatic rings. The van der Waals surface area contributed by atoms with Gasteiger partial charge in [-0.05, 0) is 32.3 Å². The molecule has 2 aromatic heterocycles. The van der Waals surface area contributed by atoms with E-state index in [1.807, 2.05) is 6.92 Å². The lowest BCUT2D eigenvalue weighted by atomic mass is 10.2. The molecule has 6 nitrogen and oxygen atoms in total. The van der Waals surface area contributed by atoms with E-state index in [1.165, 1.54) is 11.3 Å². The lowest BCUT2D eigenvalue weighted by molar-refractivity contribution is 0.0712. The molecule has 3 rings (SSSR count). The van der Waals surface area contributed by atoms with Crippen LogP contribution in [-0.4, -0.2) is 45.1 Å². The molecule has 3 N–H and O–H groups in total. The minimum Gasteiger partial charge on any atom is -0.395 e. The smallest absolute Gasteiger partial charge is 0.264 e. The molecule has 21 heavy (non-hydrogen) atoms. The number of aliphatic hydroxyl groups is 1. The Bertz CT molecular complexity index is 709. The molecule has 112 valence electrons. The Kier molecular flexibility index (Phi) is 3.54. The molecule has 0 unspecified atom stereocenters. The summed E-state index contributed by atoms with van der Waals surface area (Å²) in [5, 5.41) is 9.94. The van der Waals surface area contributed by atoms with E-state index < -0.39 is 0 Å². The van der Waals surface area contributed by atoms with Gasteiger partial charge in [0.1, 0.15) is 16.5 Å². The van der Waals surface area contributed by atoms with Crippen molar-refractivity contribution in [3.63, 3.8) is 0 Å². The van der Waals surface area contributed by atoms with Gasteiger partial charge in [0.15, 0.2) is 0 Å². The molecule has 0 saturated heterocycles. The molecule has 2 heterocycles. The van der Waals surface area contributed by atoms with Crippen molar-refractivity contribution < 1.29 is 9.90 Å². The number of carbonyl (C=O) groups excluding carboxylic acids is 1. The number of hydrogen-bond acceptors (Lipinski definition) is 6. The summed E-state index contributed by atoms with van der Waals surface area (Å²) in [4.78, 5) is 24.4. The summed E-state index contributed by atoms with van der Waals surface area (Å²) in [7, 11) is 0. The fraction of sp³-hybridized carbons (Fsp3) is 0.500. The van der Waals surface area contributed by atoms with Gasteiger partial charge in [-0.25, -0.2) is 9.97 Å². The summed E-state index contributed by atoms with van der Waals surface area (Å²) in [6.07, 6.45) is 2.02. The van der Waals surface area contributed by atoms with Gasteiger partial charge >= 0.3 is 0 Å². The Hall–Kier alpha value is -1.73. The van der Waals surface area contributed by atoms with Crippen LogP contribution in [0.2, 0.25) is 0 Å². The Balaban J connectivity index is 2.05. The maximum Gasteiger partial charge on any atom is 0.264 e. The third-order valence-electron chi connectivity index (χ3n) is 3.71. The zero-order valence-corrected chi connectivity index (χ0v) is 12.9. The minimum atomic E-state index is -0.0379. The van der Waals surface area contributed by atoms with Crippen LogP contribution in [0.25, 0.3) is 10.2 Å². The normalized spacial score (nSPS) is 14.6. The predicted octanol–water partition coefficient (Wildman–Crippen LogP) is 1.49. The van der Waals surface area contributed by atoms with Crippen molar-refractivity contribution in [3.8, 4) is 0 Å². The van der Waals surface area contributed by atoms with Crippen molar-refractivity contribution in [1.82, 2.24) is 14.9 Å². The number of amides is 1. The first kappa shape index (κ1) is 14.2. The maximum absolute atomic E-state index is 12.7. The van der Waals surface area contributed by atoms with Gasteiger partial charge in [0.2, 0.25) is 0 Å². The second kappa shape index (κ2) is 5.23. The number of carbonyl (C=O) groups is 1. The number of nitrogens with two attached hydrogens (primary N) is 1. The second-order valence-corrected chi connectivity index (χ2v) is 6.34. The van der Waals surface area contributed by atoms with Gasteiger partial charge in [-0.1, -0.05) is 0 Å². The number of thiophene rings is 1. The number of nitrogen functional groups attached to an aromatic ring is 1. The number of hydrogen-bond donors (Lipinski definition) is 2. The molecule has 1 aliphatic carbocycles. The fourth-order valence-electron chi connectivity index (χ4n) is 2.56. The van der Waals surface area contributed by atoms with Crippen LogP contribution in [0.15, 0.2) is 0 Å². The lowest BCUT2D eigenvalue weighted by Gasteiger charge is -2.20. The Labute approximate surface area is 126 Å². The van der Waals surface area contributed by atoms with Crippen molar-refractivity contribution in [1.29, 1.82) is 0 Å². The fourth-order valence-corrected chi connectivity index (χ4v) is 3.75. The van der Waals surface area contributed by atoms with Crippen LogP contribution in [-0.2, 0) is 0 Å². The molecular formula is C14H18N4O2S. The predicted molar refractivity (Wildman–Crippen MR) is 82.4 cm³/mol. The molecule has 1 amide bonds. The van der Waals surface area contributed by atoms with E-state index in [1.54, 1.807) is 11.8 Å². The van der Waals surface area contributed by atoms with E-state index in [4.69, 9.17) is 10.8 Å². The lowest BCUT2D eigenvalue weighted by Crippen LogP contribution is -2.35. The third-order valence-corrected chi connectivity index (χ3v) is 4.89. The summed E-state index contributed by atoms with van der Waals surface area (Å²) < 4.78 is 0. The Morgan fingerprint density at radius 2 is 2.14 bits per heavy atom. The van der Waals surface area contributed by atoms with Crippen LogP contribution in [0.5, 0.6) is 0 Å². The number of rotatable bonds is 4. The van der Waals surface area contributed by atoms with Crippen LogP contribution in [0.4, 0.5) is 5.82 Å². The van der Waals surface area contributed by atoms with E-state index in [0.717, 1.165) is 28.6 Å². The molecule has 1 fully saturated rings. The van der Waals surface area contributed by atoms with Crippen LogP contribution in [0.1, 0.15) is 33.9 Å². The highest BCUT2D eigenvalue weighted by atomic mass is 32.1. The standard InChI is InChI=1S/C14H18N4O2S/c1-7-10-12(15)16-8(2)17-13(10)21-11(7)14(20)18(5-6-19)9-3-4-9/h9,19H,3-6H2,1-2H3,(H2,15,16,17). The van der Waals surface area contributed by atoms with Crippen LogP contribution in [0.3, 0.4) is 0 Å². The van der Waals surface area contributed by atoms with Crippen LogP contribution >= 0.6 is 11.3 Å². The zero-order valence-electron chi connectivity index (χ0n) is 12.1. The van der Waals surface area contributed by atoms with Crippen molar-refractivity contribution in [2.45, 2.75) is 32.7 Å².